The van der Waals surface area contributed by atoms with Crippen molar-refractivity contribution < 1.29 is 27.8 Å². The van der Waals surface area contributed by atoms with Gasteiger partial charge in [0.2, 0.25) is 10.0 Å². The van der Waals surface area contributed by atoms with Crippen molar-refractivity contribution in [1.82, 2.24) is 4.31 Å². The Morgan fingerprint density at radius 1 is 1.20 bits per heavy atom. The maximum atomic E-state index is 13.0. The molecule has 8 heteroatoms. The monoisotopic (exact) mass is 377 g/mol. The Hall–Kier alpha value is -0.700. The summed E-state index contributed by atoms with van der Waals surface area (Å²) in [6.07, 6.45) is 5.94. The van der Waals surface area contributed by atoms with Crippen LogP contribution in [0.3, 0.4) is 0 Å². The highest BCUT2D eigenvalue weighted by Gasteiger charge is 2.54. The summed E-state index contributed by atoms with van der Waals surface area (Å²) in [4.78, 5) is 11.8. The third-order valence-corrected chi connectivity index (χ3v) is 7.89. The van der Waals surface area contributed by atoms with E-state index in [4.69, 9.17) is 9.47 Å². The third kappa shape index (κ3) is 4.72. The summed E-state index contributed by atoms with van der Waals surface area (Å²) in [5.41, 5.74) is 0. The summed E-state index contributed by atoms with van der Waals surface area (Å²) in [6, 6.07) is 0. The number of rotatable bonds is 9. The zero-order valence-corrected chi connectivity index (χ0v) is 15.9. The van der Waals surface area contributed by atoms with Crippen LogP contribution in [0.2, 0.25) is 0 Å². The molecule has 2 saturated heterocycles. The summed E-state index contributed by atoms with van der Waals surface area (Å²) < 4.78 is 36.6. The molecule has 0 aromatic carbocycles. The van der Waals surface area contributed by atoms with Crippen LogP contribution in [0.25, 0.3) is 0 Å². The van der Waals surface area contributed by atoms with Crippen molar-refractivity contribution in [3.05, 3.63) is 0 Å². The molecule has 0 amide bonds. The summed E-state index contributed by atoms with van der Waals surface area (Å²) in [7, 11) is -3.90. The first kappa shape index (κ1) is 20.6. The van der Waals surface area contributed by atoms with Crippen molar-refractivity contribution in [2.75, 3.05) is 32.9 Å². The van der Waals surface area contributed by atoms with Gasteiger partial charge in [-0.15, -0.1) is 0 Å². The normalized spacial score (nSPS) is 22.8. The van der Waals surface area contributed by atoms with Gasteiger partial charge in [0.15, 0.2) is 4.75 Å². The molecule has 25 heavy (non-hydrogen) atoms. The number of piperidine rings is 1. The second kappa shape index (κ2) is 9.30. The molecule has 0 aliphatic carbocycles. The van der Waals surface area contributed by atoms with Crippen LogP contribution in [0.15, 0.2) is 0 Å². The van der Waals surface area contributed by atoms with Crippen molar-refractivity contribution in [1.29, 1.82) is 0 Å². The Morgan fingerprint density at radius 3 is 2.40 bits per heavy atom. The van der Waals surface area contributed by atoms with E-state index in [9.17, 15) is 18.3 Å². The van der Waals surface area contributed by atoms with E-state index in [1.54, 1.807) is 0 Å². The number of ether oxygens (including phenoxy) is 2. The molecule has 2 rings (SSSR count). The van der Waals surface area contributed by atoms with E-state index in [0.717, 1.165) is 12.8 Å². The second-order valence-electron chi connectivity index (χ2n) is 6.95. The molecule has 0 atom stereocenters. The van der Waals surface area contributed by atoms with Gasteiger partial charge in [0.05, 0.1) is 6.10 Å². The van der Waals surface area contributed by atoms with Gasteiger partial charge >= 0.3 is 5.97 Å². The minimum Gasteiger partial charge on any atom is -0.480 e. The van der Waals surface area contributed by atoms with E-state index >= 15 is 0 Å². The van der Waals surface area contributed by atoms with Gasteiger partial charge in [0, 0.05) is 45.8 Å². The fourth-order valence-corrected chi connectivity index (χ4v) is 5.64. The number of hydrogen-bond acceptors (Lipinski definition) is 5. The van der Waals surface area contributed by atoms with Crippen LogP contribution in [0.1, 0.15) is 58.3 Å². The lowest BCUT2D eigenvalue weighted by Crippen LogP contribution is -2.57. The minimum absolute atomic E-state index is 0.0124. The highest BCUT2D eigenvalue weighted by molar-refractivity contribution is 7.91. The first-order chi connectivity index (χ1) is 11.9. The van der Waals surface area contributed by atoms with E-state index in [1.165, 1.54) is 17.1 Å². The molecule has 0 spiro atoms. The standard InChI is InChI=1S/C17H31NO6S/c1-2-3-4-5-12-24-15-6-10-18(11-7-15)25(21,22)17(16(19)20)8-13-23-14-9-17/h15H,2-14H2,1H3,(H,19,20). The Kier molecular flexibility index (Phi) is 7.67. The fourth-order valence-electron chi connectivity index (χ4n) is 3.55. The third-order valence-electron chi connectivity index (χ3n) is 5.28. The predicted molar refractivity (Wildman–Crippen MR) is 94.0 cm³/mol. The van der Waals surface area contributed by atoms with Crippen LogP contribution in [-0.4, -0.2) is 67.6 Å². The largest absolute Gasteiger partial charge is 0.480 e. The molecule has 0 radical (unpaired) electrons. The highest BCUT2D eigenvalue weighted by Crippen LogP contribution is 2.34. The number of carboxylic acids is 1. The molecule has 2 aliphatic heterocycles. The van der Waals surface area contributed by atoms with Crippen LogP contribution < -0.4 is 0 Å². The molecular formula is C17H31NO6S. The van der Waals surface area contributed by atoms with E-state index in [0.29, 0.717) is 32.5 Å². The molecule has 0 aromatic rings. The molecular weight excluding hydrogens is 346 g/mol. The second-order valence-corrected chi connectivity index (χ2v) is 9.19. The molecule has 0 bridgehead atoms. The lowest BCUT2D eigenvalue weighted by molar-refractivity contribution is -0.142. The van der Waals surface area contributed by atoms with Gasteiger partial charge in [0.1, 0.15) is 0 Å². The Morgan fingerprint density at radius 2 is 1.84 bits per heavy atom. The average Bonchev–Trinajstić information content (AvgIpc) is 2.62. The lowest BCUT2D eigenvalue weighted by Gasteiger charge is -2.39. The zero-order valence-electron chi connectivity index (χ0n) is 15.1. The Bertz CT molecular complexity index is 521. The zero-order chi connectivity index (χ0) is 18.3. The molecule has 1 N–H and O–H groups in total. The van der Waals surface area contributed by atoms with Crippen molar-refractivity contribution in [2.45, 2.75) is 69.1 Å². The summed E-state index contributed by atoms with van der Waals surface area (Å²) in [5, 5.41) is 9.61. The van der Waals surface area contributed by atoms with Crippen LogP contribution in [0.5, 0.6) is 0 Å². The predicted octanol–water partition coefficient (Wildman–Crippen LogP) is 2.01. The number of unbranched alkanes of at least 4 members (excludes halogenated alkanes) is 3. The number of sulfonamides is 1. The maximum Gasteiger partial charge on any atom is 0.326 e. The molecule has 0 unspecified atom stereocenters. The molecule has 0 aromatic heterocycles. The number of hydrogen-bond donors (Lipinski definition) is 1. The van der Waals surface area contributed by atoms with Crippen molar-refractivity contribution in [2.24, 2.45) is 0 Å². The van der Waals surface area contributed by atoms with Crippen LogP contribution in [0.4, 0.5) is 0 Å². The first-order valence-electron chi connectivity index (χ1n) is 9.36. The van der Waals surface area contributed by atoms with Gasteiger partial charge in [0.25, 0.3) is 0 Å². The Balaban J connectivity index is 1.89. The van der Waals surface area contributed by atoms with Crippen LogP contribution >= 0.6 is 0 Å². The first-order valence-corrected chi connectivity index (χ1v) is 10.8. The number of carbonyl (C=O) groups is 1. The van der Waals surface area contributed by atoms with Gasteiger partial charge in [-0.1, -0.05) is 26.2 Å². The SMILES string of the molecule is CCCCCCOC1CCN(S(=O)(=O)C2(C(=O)O)CCOCC2)CC1. The molecule has 2 fully saturated rings. The highest BCUT2D eigenvalue weighted by atomic mass is 32.2. The van der Waals surface area contributed by atoms with Crippen molar-refractivity contribution in [3.63, 3.8) is 0 Å². The van der Waals surface area contributed by atoms with Gasteiger partial charge < -0.3 is 14.6 Å². The van der Waals surface area contributed by atoms with Gasteiger partial charge in [-0.2, -0.15) is 0 Å². The van der Waals surface area contributed by atoms with Gasteiger partial charge in [-0.3, -0.25) is 4.79 Å². The fraction of sp³-hybridized carbons (Fsp3) is 0.941. The molecule has 146 valence electrons. The quantitative estimate of drug-likeness (QED) is 0.618. The van der Waals surface area contributed by atoms with E-state index in [1.807, 2.05) is 0 Å². The maximum absolute atomic E-state index is 13.0. The topological polar surface area (TPSA) is 93.1 Å². The van der Waals surface area contributed by atoms with E-state index < -0.39 is 20.7 Å². The smallest absolute Gasteiger partial charge is 0.326 e. The lowest BCUT2D eigenvalue weighted by atomic mass is 9.99. The minimum atomic E-state index is -3.90. The summed E-state index contributed by atoms with van der Waals surface area (Å²) in [6.45, 7) is 3.88. The van der Waals surface area contributed by atoms with Crippen molar-refractivity contribution >= 4 is 16.0 Å². The number of carboxylic acid groups (broad SMARTS) is 1. The molecule has 2 heterocycles. The van der Waals surface area contributed by atoms with E-state index in [-0.39, 0.29) is 32.2 Å². The van der Waals surface area contributed by atoms with Gasteiger partial charge in [-0.05, 0) is 19.3 Å². The average molecular weight is 378 g/mol. The summed E-state index contributed by atoms with van der Waals surface area (Å²) >= 11 is 0. The molecule has 2 aliphatic rings. The summed E-state index contributed by atoms with van der Waals surface area (Å²) in [5.74, 6) is -1.26. The van der Waals surface area contributed by atoms with Crippen LogP contribution in [-0.2, 0) is 24.3 Å². The van der Waals surface area contributed by atoms with E-state index in [2.05, 4.69) is 6.92 Å². The van der Waals surface area contributed by atoms with Gasteiger partial charge in [-0.25, -0.2) is 12.7 Å². The molecule has 7 nitrogen and oxygen atoms in total. The molecule has 0 saturated carbocycles. The number of nitrogens with zero attached hydrogens (tertiary/aromatic N) is 1. The Labute approximate surface area is 150 Å². The van der Waals surface area contributed by atoms with Crippen molar-refractivity contribution in [3.8, 4) is 0 Å². The number of aliphatic carboxylic acids is 1. The van der Waals surface area contributed by atoms with Crippen LogP contribution in [0, 0.1) is 0 Å².